The maximum atomic E-state index is 14.1. The standard InChI is InChI=1S/C18H27FN4O2/c1-3-4-5-13-12-23(8-9-25-13)18-21-16(10-17(24)22(18)2)14-6-7-20-11-15(14)19/h6-7,11,13,16,18,21H,3-5,8-10,12H2,1-2H3. The van der Waals surface area contributed by atoms with E-state index in [4.69, 9.17) is 4.74 Å². The molecule has 2 aliphatic heterocycles. The van der Waals surface area contributed by atoms with Crippen LogP contribution in [0.2, 0.25) is 0 Å². The van der Waals surface area contributed by atoms with Crippen molar-refractivity contribution in [3.05, 3.63) is 29.8 Å². The fourth-order valence-electron chi connectivity index (χ4n) is 3.60. The van der Waals surface area contributed by atoms with Gasteiger partial charge in [-0.05, 0) is 12.5 Å². The van der Waals surface area contributed by atoms with Gasteiger partial charge in [-0.2, -0.15) is 0 Å². The summed E-state index contributed by atoms with van der Waals surface area (Å²) in [6.07, 6.45) is 6.26. The van der Waals surface area contributed by atoms with Gasteiger partial charge < -0.3 is 9.64 Å². The number of hydrogen-bond acceptors (Lipinski definition) is 5. The second-order valence-electron chi connectivity index (χ2n) is 6.83. The van der Waals surface area contributed by atoms with Crippen LogP contribution in [0.15, 0.2) is 18.5 Å². The number of pyridine rings is 1. The van der Waals surface area contributed by atoms with Crippen LogP contribution in [0.3, 0.4) is 0 Å². The molecule has 0 saturated carbocycles. The number of carbonyl (C=O) groups is 1. The third kappa shape index (κ3) is 4.16. The average Bonchev–Trinajstić information content (AvgIpc) is 2.63. The quantitative estimate of drug-likeness (QED) is 0.879. The van der Waals surface area contributed by atoms with Gasteiger partial charge in [-0.15, -0.1) is 0 Å². The Morgan fingerprint density at radius 1 is 1.48 bits per heavy atom. The molecule has 0 bridgehead atoms. The molecule has 0 spiro atoms. The monoisotopic (exact) mass is 350 g/mol. The van der Waals surface area contributed by atoms with Crippen LogP contribution in [0.4, 0.5) is 4.39 Å². The van der Waals surface area contributed by atoms with Crippen LogP contribution in [-0.2, 0) is 9.53 Å². The van der Waals surface area contributed by atoms with Crippen LogP contribution < -0.4 is 5.32 Å². The van der Waals surface area contributed by atoms with Gasteiger partial charge in [0, 0.05) is 44.4 Å². The molecule has 25 heavy (non-hydrogen) atoms. The molecule has 0 aliphatic carbocycles. The van der Waals surface area contributed by atoms with E-state index in [1.165, 1.54) is 6.20 Å². The number of morpholine rings is 1. The van der Waals surface area contributed by atoms with E-state index < -0.39 is 0 Å². The highest BCUT2D eigenvalue weighted by atomic mass is 19.1. The van der Waals surface area contributed by atoms with E-state index in [1.54, 1.807) is 24.2 Å². The van der Waals surface area contributed by atoms with Crippen molar-refractivity contribution in [3.8, 4) is 0 Å². The van der Waals surface area contributed by atoms with Gasteiger partial charge in [-0.3, -0.25) is 20.0 Å². The lowest BCUT2D eigenvalue weighted by molar-refractivity contribution is -0.149. The predicted molar refractivity (Wildman–Crippen MR) is 92.1 cm³/mol. The molecule has 0 radical (unpaired) electrons. The number of halogens is 1. The number of unbranched alkanes of at least 4 members (excludes halogenated alkanes) is 1. The first-order valence-corrected chi connectivity index (χ1v) is 9.07. The van der Waals surface area contributed by atoms with Crippen LogP contribution in [0.25, 0.3) is 0 Å². The van der Waals surface area contributed by atoms with E-state index >= 15 is 0 Å². The molecule has 2 fully saturated rings. The molecule has 1 aromatic rings. The van der Waals surface area contributed by atoms with E-state index in [9.17, 15) is 9.18 Å². The number of nitrogens with zero attached hydrogens (tertiary/aromatic N) is 3. The molecule has 3 atom stereocenters. The Balaban J connectivity index is 1.73. The molecular weight excluding hydrogens is 323 g/mol. The van der Waals surface area contributed by atoms with Gasteiger partial charge >= 0.3 is 0 Å². The summed E-state index contributed by atoms with van der Waals surface area (Å²) in [5.41, 5.74) is 0.497. The van der Waals surface area contributed by atoms with Gasteiger partial charge in [-0.25, -0.2) is 4.39 Å². The third-order valence-electron chi connectivity index (χ3n) is 5.06. The molecule has 1 amide bonds. The van der Waals surface area contributed by atoms with Crippen molar-refractivity contribution in [1.29, 1.82) is 0 Å². The Bertz CT molecular complexity index is 600. The summed E-state index contributed by atoms with van der Waals surface area (Å²) in [6.45, 7) is 4.36. The second-order valence-corrected chi connectivity index (χ2v) is 6.83. The molecule has 1 N–H and O–H groups in total. The normalized spacial score (nSPS) is 28.4. The smallest absolute Gasteiger partial charge is 0.226 e. The summed E-state index contributed by atoms with van der Waals surface area (Å²) in [5.74, 6) is -0.361. The Kier molecular flexibility index (Phi) is 5.98. The summed E-state index contributed by atoms with van der Waals surface area (Å²) in [5, 5.41) is 3.44. The molecule has 3 unspecified atom stereocenters. The van der Waals surface area contributed by atoms with Crippen LogP contribution >= 0.6 is 0 Å². The van der Waals surface area contributed by atoms with Crippen molar-refractivity contribution >= 4 is 5.91 Å². The van der Waals surface area contributed by atoms with Crippen molar-refractivity contribution in [2.45, 2.75) is 51.0 Å². The van der Waals surface area contributed by atoms with Crippen molar-refractivity contribution < 1.29 is 13.9 Å². The summed E-state index contributed by atoms with van der Waals surface area (Å²) in [6, 6.07) is 1.31. The van der Waals surface area contributed by atoms with Crippen molar-refractivity contribution in [2.24, 2.45) is 0 Å². The van der Waals surface area contributed by atoms with Gasteiger partial charge in [0.2, 0.25) is 5.91 Å². The van der Waals surface area contributed by atoms with Gasteiger partial charge in [-0.1, -0.05) is 19.8 Å². The van der Waals surface area contributed by atoms with Crippen LogP contribution in [0.5, 0.6) is 0 Å². The largest absolute Gasteiger partial charge is 0.376 e. The highest BCUT2D eigenvalue weighted by Crippen LogP contribution is 2.27. The second kappa shape index (κ2) is 8.21. The minimum absolute atomic E-state index is 0.0153. The maximum Gasteiger partial charge on any atom is 0.226 e. The number of carbonyl (C=O) groups excluding carboxylic acids is 1. The van der Waals surface area contributed by atoms with Gasteiger partial charge in [0.05, 0.1) is 18.9 Å². The van der Waals surface area contributed by atoms with Crippen LogP contribution in [-0.4, -0.2) is 59.8 Å². The first-order chi connectivity index (χ1) is 12.1. The maximum absolute atomic E-state index is 14.1. The highest BCUT2D eigenvalue weighted by molar-refractivity contribution is 5.78. The molecular formula is C18H27FN4O2. The molecule has 3 rings (SSSR count). The predicted octanol–water partition coefficient (Wildman–Crippen LogP) is 1.89. The van der Waals surface area contributed by atoms with Crippen molar-refractivity contribution in [1.82, 2.24) is 20.1 Å². The Morgan fingerprint density at radius 3 is 3.08 bits per heavy atom. The Hall–Kier alpha value is -1.57. The van der Waals surface area contributed by atoms with Crippen LogP contribution in [0.1, 0.15) is 44.2 Å². The summed E-state index contributed by atoms with van der Waals surface area (Å²) < 4.78 is 20.0. The molecule has 2 aliphatic rings. The SMILES string of the molecule is CCCCC1CN(C2NC(c3ccncc3F)CC(=O)N2C)CCO1. The summed E-state index contributed by atoms with van der Waals surface area (Å²) in [4.78, 5) is 20.2. The zero-order chi connectivity index (χ0) is 17.8. The average molecular weight is 350 g/mol. The van der Waals surface area contributed by atoms with Gasteiger partial charge in [0.1, 0.15) is 12.1 Å². The minimum Gasteiger partial charge on any atom is -0.376 e. The fraction of sp³-hybridized carbons (Fsp3) is 0.667. The lowest BCUT2D eigenvalue weighted by atomic mass is 10.0. The molecule has 138 valence electrons. The highest BCUT2D eigenvalue weighted by Gasteiger charge is 2.37. The van der Waals surface area contributed by atoms with Crippen molar-refractivity contribution in [3.63, 3.8) is 0 Å². The molecule has 1 aromatic heterocycles. The third-order valence-corrected chi connectivity index (χ3v) is 5.06. The molecule has 6 nitrogen and oxygen atoms in total. The number of amides is 1. The summed E-state index contributed by atoms with van der Waals surface area (Å²) >= 11 is 0. The first-order valence-electron chi connectivity index (χ1n) is 9.07. The number of aromatic nitrogens is 1. The van der Waals surface area contributed by atoms with Crippen LogP contribution in [0, 0.1) is 5.82 Å². The number of hydrogen-bond donors (Lipinski definition) is 1. The number of ether oxygens (including phenoxy) is 1. The Labute approximate surface area is 148 Å². The molecule has 7 heteroatoms. The first kappa shape index (κ1) is 18.2. The molecule has 2 saturated heterocycles. The fourth-order valence-corrected chi connectivity index (χ4v) is 3.60. The minimum atomic E-state index is -0.376. The van der Waals surface area contributed by atoms with E-state index in [0.29, 0.717) is 12.2 Å². The number of rotatable bonds is 5. The zero-order valence-electron chi connectivity index (χ0n) is 14.9. The lowest BCUT2D eigenvalue weighted by Gasteiger charge is -2.46. The van der Waals surface area contributed by atoms with E-state index in [-0.39, 0.29) is 36.6 Å². The van der Waals surface area contributed by atoms with Gasteiger partial charge in [0.15, 0.2) is 0 Å². The van der Waals surface area contributed by atoms with Crippen molar-refractivity contribution in [2.75, 3.05) is 26.7 Å². The molecule has 0 aromatic carbocycles. The Morgan fingerprint density at radius 2 is 2.32 bits per heavy atom. The van der Waals surface area contributed by atoms with Gasteiger partial charge in [0.25, 0.3) is 0 Å². The zero-order valence-corrected chi connectivity index (χ0v) is 14.9. The number of nitrogens with one attached hydrogen (secondary N) is 1. The summed E-state index contributed by atoms with van der Waals surface area (Å²) in [7, 11) is 1.80. The topological polar surface area (TPSA) is 57.7 Å². The van der Waals surface area contributed by atoms with E-state index in [0.717, 1.165) is 32.4 Å². The van der Waals surface area contributed by atoms with E-state index in [1.807, 2.05) is 0 Å². The molecule has 3 heterocycles. The lowest BCUT2D eigenvalue weighted by Crippen LogP contribution is -2.64. The van der Waals surface area contributed by atoms with E-state index in [2.05, 4.69) is 22.1 Å².